The van der Waals surface area contributed by atoms with Crippen molar-refractivity contribution in [3.63, 3.8) is 0 Å². The number of nitrogens with zero attached hydrogens (tertiary/aromatic N) is 3. The Kier molecular flexibility index (Phi) is 6.21. The minimum atomic E-state index is -0.524. The molecule has 5 rings (SSSR count). The maximum absolute atomic E-state index is 12.9. The number of amides is 1. The van der Waals surface area contributed by atoms with Crippen LogP contribution < -0.4 is 10.3 Å². The van der Waals surface area contributed by atoms with Crippen LogP contribution in [0.1, 0.15) is 41.6 Å². The van der Waals surface area contributed by atoms with Gasteiger partial charge < -0.3 is 14.6 Å². The zero-order valence-corrected chi connectivity index (χ0v) is 20.0. The topological polar surface area (TPSA) is 78.5 Å². The first-order valence-corrected chi connectivity index (χ1v) is 12.6. The van der Waals surface area contributed by atoms with Gasteiger partial charge in [-0.1, -0.05) is 12.1 Å². The zero-order chi connectivity index (χ0) is 22.9. The molecule has 2 aliphatic rings. The second kappa shape index (κ2) is 9.27. The van der Waals surface area contributed by atoms with E-state index >= 15 is 0 Å². The van der Waals surface area contributed by atoms with E-state index in [1.54, 1.807) is 11.3 Å². The van der Waals surface area contributed by atoms with Crippen molar-refractivity contribution in [1.82, 2.24) is 19.8 Å². The molecule has 0 bridgehead atoms. The Hall–Kier alpha value is -2.71. The quantitative estimate of drug-likeness (QED) is 0.624. The number of fused-ring (bicyclic) bond motifs is 3. The molecule has 1 saturated heterocycles. The lowest BCUT2D eigenvalue weighted by molar-refractivity contribution is -0.139. The average molecular weight is 467 g/mol. The van der Waals surface area contributed by atoms with Crippen molar-refractivity contribution in [3.05, 3.63) is 56.4 Å². The van der Waals surface area contributed by atoms with E-state index in [1.807, 2.05) is 43.0 Å². The van der Waals surface area contributed by atoms with E-state index in [9.17, 15) is 9.59 Å². The van der Waals surface area contributed by atoms with E-state index < -0.39 is 6.10 Å². The van der Waals surface area contributed by atoms with E-state index in [0.29, 0.717) is 25.5 Å². The molecule has 1 unspecified atom stereocenters. The number of aromatic amines is 1. The average Bonchev–Trinajstić information content (AvgIpc) is 3.18. The van der Waals surface area contributed by atoms with Crippen LogP contribution in [0.4, 0.5) is 0 Å². The van der Waals surface area contributed by atoms with Gasteiger partial charge in [-0.25, -0.2) is 4.98 Å². The molecule has 1 N–H and O–H groups in total. The summed E-state index contributed by atoms with van der Waals surface area (Å²) < 4.78 is 5.87. The Balaban J connectivity index is 1.19. The summed E-state index contributed by atoms with van der Waals surface area (Å²) in [6.45, 7) is 7.16. The second-order valence-electron chi connectivity index (χ2n) is 9.08. The molecule has 0 saturated carbocycles. The van der Waals surface area contributed by atoms with Crippen molar-refractivity contribution < 1.29 is 9.53 Å². The maximum Gasteiger partial charge on any atom is 0.263 e. The molecule has 1 aliphatic carbocycles. The van der Waals surface area contributed by atoms with Crippen molar-refractivity contribution in [2.45, 2.75) is 52.2 Å². The van der Waals surface area contributed by atoms with Gasteiger partial charge in [-0.05, 0) is 62.8 Å². The van der Waals surface area contributed by atoms with Gasteiger partial charge in [0.2, 0.25) is 0 Å². The molecule has 8 heteroatoms. The molecule has 3 heterocycles. The van der Waals surface area contributed by atoms with Gasteiger partial charge in [-0.2, -0.15) is 0 Å². The van der Waals surface area contributed by atoms with Crippen molar-refractivity contribution in [1.29, 1.82) is 0 Å². The largest absolute Gasteiger partial charge is 0.481 e. The number of ether oxygens (including phenoxy) is 1. The summed E-state index contributed by atoms with van der Waals surface area (Å²) in [5.41, 5.74) is 2.31. The number of aromatic nitrogens is 2. The molecule has 7 nitrogen and oxygen atoms in total. The van der Waals surface area contributed by atoms with E-state index in [4.69, 9.17) is 9.72 Å². The summed E-state index contributed by atoms with van der Waals surface area (Å²) in [5.74, 6) is 1.44. The van der Waals surface area contributed by atoms with Crippen LogP contribution in [0.5, 0.6) is 5.75 Å². The Morgan fingerprint density at radius 3 is 2.79 bits per heavy atom. The SMILES string of the molecule is Cc1cccc(OC(C)C(=O)N2CCN(Cc3nc4sc5c(c4c(=O)[nH]3)CCCC5)CC2)c1. The molecule has 0 spiro atoms. The molecule has 0 radical (unpaired) electrons. The fraction of sp³-hybridized carbons (Fsp3) is 0.480. The number of carbonyl (C=O) groups excluding carboxylic acids is 1. The minimum absolute atomic E-state index is 0.00766. The van der Waals surface area contributed by atoms with Crippen LogP contribution in [-0.4, -0.2) is 58.0 Å². The van der Waals surface area contributed by atoms with E-state index in [2.05, 4.69) is 9.88 Å². The number of thiophene rings is 1. The van der Waals surface area contributed by atoms with Crippen LogP contribution >= 0.6 is 11.3 Å². The first kappa shape index (κ1) is 22.1. The van der Waals surface area contributed by atoms with Gasteiger partial charge in [0.25, 0.3) is 11.5 Å². The summed E-state index contributed by atoms with van der Waals surface area (Å²) in [6, 6.07) is 7.76. The van der Waals surface area contributed by atoms with Crippen molar-refractivity contribution in [2.24, 2.45) is 0 Å². The van der Waals surface area contributed by atoms with Crippen LogP contribution in [0.25, 0.3) is 10.2 Å². The van der Waals surface area contributed by atoms with E-state index in [0.717, 1.165) is 53.9 Å². The van der Waals surface area contributed by atoms with Crippen molar-refractivity contribution in [2.75, 3.05) is 26.2 Å². The number of nitrogens with one attached hydrogen (secondary N) is 1. The van der Waals surface area contributed by atoms with Gasteiger partial charge >= 0.3 is 0 Å². The Labute approximate surface area is 197 Å². The molecule has 3 aromatic rings. The predicted molar refractivity (Wildman–Crippen MR) is 130 cm³/mol. The molecule has 1 fully saturated rings. The normalized spacial score (nSPS) is 17.7. The Morgan fingerprint density at radius 2 is 2.00 bits per heavy atom. The fourth-order valence-corrected chi connectivity index (χ4v) is 6.10. The highest BCUT2D eigenvalue weighted by atomic mass is 32.1. The number of hydrogen-bond acceptors (Lipinski definition) is 6. The lowest BCUT2D eigenvalue weighted by Gasteiger charge is -2.35. The Bertz CT molecular complexity index is 1230. The molecule has 1 atom stereocenters. The van der Waals surface area contributed by atoms with Crippen molar-refractivity contribution in [3.8, 4) is 5.75 Å². The number of benzene rings is 1. The number of piperazine rings is 1. The molecule has 1 aliphatic heterocycles. The molecular formula is C25H30N4O3S. The maximum atomic E-state index is 12.9. The first-order valence-electron chi connectivity index (χ1n) is 11.8. The van der Waals surface area contributed by atoms with Gasteiger partial charge in [-0.15, -0.1) is 11.3 Å². The molecule has 1 aromatic carbocycles. The van der Waals surface area contributed by atoms with Crippen LogP contribution in [-0.2, 0) is 24.2 Å². The molecule has 1 amide bonds. The third-order valence-electron chi connectivity index (χ3n) is 6.58. The van der Waals surface area contributed by atoms with E-state index in [-0.39, 0.29) is 11.5 Å². The van der Waals surface area contributed by atoms with E-state index in [1.165, 1.54) is 16.9 Å². The fourth-order valence-electron chi connectivity index (χ4n) is 4.82. The highest BCUT2D eigenvalue weighted by Gasteiger charge is 2.27. The number of hydrogen-bond donors (Lipinski definition) is 1. The van der Waals surface area contributed by atoms with Crippen LogP contribution in [0, 0.1) is 6.92 Å². The predicted octanol–water partition coefficient (Wildman–Crippen LogP) is 3.28. The Morgan fingerprint density at radius 1 is 1.21 bits per heavy atom. The third-order valence-corrected chi connectivity index (χ3v) is 7.77. The van der Waals surface area contributed by atoms with Crippen LogP contribution in [0.3, 0.4) is 0 Å². The molecule has 2 aromatic heterocycles. The highest BCUT2D eigenvalue weighted by Crippen LogP contribution is 2.33. The standard InChI is InChI=1S/C25H30N4O3S/c1-16-6-5-7-18(14-16)32-17(2)25(31)29-12-10-28(11-13-29)15-21-26-23(30)22-19-8-3-4-9-20(19)33-24(22)27-21/h5-7,14,17H,3-4,8-13,15H2,1-2H3,(H,26,27,30). The smallest absolute Gasteiger partial charge is 0.263 e. The van der Waals surface area contributed by atoms with Gasteiger partial charge in [0.05, 0.1) is 11.9 Å². The third kappa shape index (κ3) is 4.68. The highest BCUT2D eigenvalue weighted by molar-refractivity contribution is 7.18. The lowest BCUT2D eigenvalue weighted by Crippen LogP contribution is -2.51. The first-order chi connectivity index (χ1) is 16.0. The zero-order valence-electron chi connectivity index (χ0n) is 19.2. The monoisotopic (exact) mass is 466 g/mol. The van der Waals surface area contributed by atoms with Crippen LogP contribution in [0.2, 0.25) is 0 Å². The van der Waals surface area contributed by atoms with Gasteiger partial charge in [-0.3, -0.25) is 14.5 Å². The summed E-state index contributed by atoms with van der Waals surface area (Å²) in [5, 5.41) is 0.802. The summed E-state index contributed by atoms with van der Waals surface area (Å²) in [7, 11) is 0. The molecule has 174 valence electrons. The minimum Gasteiger partial charge on any atom is -0.481 e. The number of aryl methyl sites for hydroxylation is 3. The molecular weight excluding hydrogens is 436 g/mol. The molecule has 33 heavy (non-hydrogen) atoms. The summed E-state index contributed by atoms with van der Waals surface area (Å²) in [4.78, 5) is 39.8. The van der Waals surface area contributed by atoms with Gasteiger partial charge in [0.1, 0.15) is 16.4 Å². The summed E-state index contributed by atoms with van der Waals surface area (Å²) in [6.07, 6.45) is 3.87. The number of rotatable bonds is 5. The number of H-pyrrole nitrogens is 1. The second-order valence-corrected chi connectivity index (χ2v) is 10.2. The summed E-state index contributed by atoms with van der Waals surface area (Å²) >= 11 is 1.68. The van der Waals surface area contributed by atoms with Gasteiger partial charge in [0, 0.05) is 31.1 Å². The van der Waals surface area contributed by atoms with Crippen molar-refractivity contribution >= 4 is 27.5 Å². The van der Waals surface area contributed by atoms with Gasteiger partial charge in [0.15, 0.2) is 6.10 Å². The lowest BCUT2D eigenvalue weighted by atomic mass is 9.97. The van der Waals surface area contributed by atoms with Crippen LogP contribution in [0.15, 0.2) is 29.1 Å². The number of carbonyl (C=O) groups is 1.